The van der Waals surface area contributed by atoms with Gasteiger partial charge in [-0.2, -0.15) is 0 Å². The minimum absolute atomic E-state index is 0.309. The predicted molar refractivity (Wildman–Crippen MR) is 121 cm³/mol. The van der Waals surface area contributed by atoms with E-state index in [2.05, 4.69) is 39.6 Å². The first-order valence-corrected chi connectivity index (χ1v) is 10.6. The molecule has 0 spiro atoms. The van der Waals surface area contributed by atoms with Crippen LogP contribution in [-0.4, -0.2) is 31.4 Å². The van der Waals surface area contributed by atoms with Gasteiger partial charge in [0.15, 0.2) is 0 Å². The van der Waals surface area contributed by atoms with Gasteiger partial charge in [-0.25, -0.2) is 15.0 Å². The van der Waals surface area contributed by atoms with E-state index in [1.807, 2.05) is 35.0 Å². The molecule has 0 radical (unpaired) electrons. The Balaban J connectivity index is 1.46. The highest BCUT2D eigenvalue weighted by atomic mass is 35.5. The van der Waals surface area contributed by atoms with Gasteiger partial charge in [-0.15, -0.1) is 0 Å². The molecule has 1 aliphatic carbocycles. The molecule has 3 N–H and O–H groups in total. The second-order valence-electron chi connectivity index (χ2n) is 7.80. The summed E-state index contributed by atoms with van der Waals surface area (Å²) >= 11 is 6.47. The molecule has 0 atom stereocenters. The van der Waals surface area contributed by atoms with Crippen LogP contribution in [0.15, 0.2) is 61.1 Å². The summed E-state index contributed by atoms with van der Waals surface area (Å²) in [4.78, 5) is 13.7. The molecular formula is C23H23ClN6. The SMILES string of the molecule is NC1CCC(Nc2ncc(Cl)c(-c3cnc4cc(-c5ccccc5)ccn34)n2)CC1. The number of nitrogens with one attached hydrogen (secondary N) is 1. The van der Waals surface area contributed by atoms with Crippen molar-refractivity contribution in [2.75, 3.05) is 5.32 Å². The maximum atomic E-state index is 6.47. The van der Waals surface area contributed by atoms with Crippen LogP contribution in [0.2, 0.25) is 5.02 Å². The molecule has 1 saturated carbocycles. The van der Waals surface area contributed by atoms with E-state index in [9.17, 15) is 0 Å². The van der Waals surface area contributed by atoms with Crippen molar-refractivity contribution < 1.29 is 0 Å². The molecule has 7 heteroatoms. The highest BCUT2D eigenvalue weighted by Gasteiger charge is 2.20. The molecule has 152 valence electrons. The van der Waals surface area contributed by atoms with Crippen LogP contribution < -0.4 is 11.1 Å². The monoisotopic (exact) mass is 418 g/mol. The van der Waals surface area contributed by atoms with Crippen molar-refractivity contribution in [3.63, 3.8) is 0 Å². The molecule has 0 amide bonds. The largest absolute Gasteiger partial charge is 0.351 e. The summed E-state index contributed by atoms with van der Waals surface area (Å²) < 4.78 is 2.00. The molecule has 1 aliphatic rings. The van der Waals surface area contributed by atoms with Crippen LogP contribution in [0, 0.1) is 0 Å². The van der Waals surface area contributed by atoms with Crippen LogP contribution in [0.5, 0.6) is 0 Å². The van der Waals surface area contributed by atoms with Crippen LogP contribution in [0.4, 0.5) is 5.95 Å². The Bertz CT molecular complexity index is 1170. The number of pyridine rings is 1. The van der Waals surface area contributed by atoms with Crippen molar-refractivity contribution in [3.05, 3.63) is 66.1 Å². The standard InChI is InChI=1S/C23H23ClN6/c24-19-13-27-23(28-18-8-6-17(25)7-9-18)29-22(19)20-14-26-21-12-16(10-11-30(20)21)15-4-2-1-3-5-15/h1-5,10-14,17-18H,6-9,25H2,(H,27,28,29). The average molecular weight is 419 g/mol. The van der Waals surface area contributed by atoms with E-state index >= 15 is 0 Å². The third kappa shape index (κ3) is 3.76. The van der Waals surface area contributed by atoms with Crippen molar-refractivity contribution >= 4 is 23.2 Å². The van der Waals surface area contributed by atoms with Gasteiger partial charge in [0.05, 0.1) is 23.1 Å². The number of rotatable bonds is 4. The molecule has 5 rings (SSSR count). The maximum Gasteiger partial charge on any atom is 0.223 e. The van der Waals surface area contributed by atoms with Crippen LogP contribution in [0.1, 0.15) is 25.7 Å². The summed E-state index contributed by atoms with van der Waals surface area (Å²) in [6.07, 6.45) is 9.57. The number of halogens is 1. The lowest BCUT2D eigenvalue weighted by atomic mass is 9.92. The molecule has 0 bridgehead atoms. The molecule has 0 saturated heterocycles. The summed E-state index contributed by atoms with van der Waals surface area (Å²) in [5.74, 6) is 0.589. The van der Waals surface area contributed by atoms with Crippen molar-refractivity contribution in [3.8, 4) is 22.5 Å². The highest BCUT2D eigenvalue weighted by molar-refractivity contribution is 6.32. The maximum absolute atomic E-state index is 6.47. The first-order chi connectivity index (χ1) is 14.7. The quantitative estimate of drug-likeness (QED) is 0.497. The third-order valence-corrected chi connectivity index (χ3v) is 5.99. The van der Waals surface area contributed by atoms with Gasteiger partial charge in [-0.1, -0.05) is 41.9 Å². The molecule has 0 unspecified atom stereocenters. The number of benzene rings is 1. The van der Waals surface area contributed by atoms with E-state index in [-0.39, 0.29) is 0 Å². The average Bonchev–Trinajstić information content (AvgIpc) is 3.20. The molecule has 1 fully saturated rings. The number of nitrogens with two attached hydrogens (primary N) is 1. The zero-order valence-electron chi connectivity index (χ0n) is 16.5. The number of aromatic nitrogens is 4. The molecule has 6 nitrogen and oxygen atoms in total. The van der Waals surface area contributed by atoms with E-state index in [0.29, 0.717) is 28.7 Å². The van der Waals surface area contributed by atoms with E-state index in [0.717, 1.165) is 48.2 Å². The van der Waals surface area contributed by atoms with Gasteiger partial charge in [-0.3, -0.25) is 4.40 Å². The van der Waals surface area contributed by atoms with E-state index in [4.69, 9.17) is 22.3 Å². The Morgan fingerprint density at radius 1 is 0.967 bits per heavy atom. The second-order valence-corrected chi connectivity index (χ2v) is 8.21. The second kappa shape index (κ2) is 8.05. The molecule has 4 aromatic rings. The van der Waals surface area contributed by atoms with Crippen molar-refractivity contribution in [2.45, 2.75) is 37.8 Å². The lowest BCUT2D eigenvalue weighted by Crippen LogP contribution is -2.33. The minimum Gasteiger partial charge on any atom is -0.351 e. The topological polar surface area (TPSA) is 81.1 Å². The third-order valence-electron chi connectivity index (χ3n) is 5.71. The summed E-state index contributed by atoms with van der Waals surface area (Å²) in [7, 11) is 0. The normalized spacial score (nSPS) is 19.1. The van der Waals surface area contributed by atoms with Crippen molar-refractivity contribution in [1.29, 1.82) is 0 Å². The summed E-state index contributed by atoms with van der Waals surface area (Å²) in [5, 5.41) is 3.94. The smallest absolute Gasteiger partial charge is 0.223 e. The summed E-state index contributed by atoms with van der Waals surface area (Å²) in [6.45, 7) is 0. The van der Waals surface area contributed by atoms with Gasteiger partial charge >= 0.3 is 0 Å². The van der Waals surface area contributed by atoms with Crippen molar-refractivity contribution in [1.82, 2.24) is 19.4 Å². The number of imidazole rings is 1. The zero-order valence-corrected chi connectivity index (χ0v) is 17.3. The van der Waals surface area contributed by atoms with Crippen LogP contribution in [0.3, 0.4) is 0 Å². The lowest BCUT2D eigenvalue weighted by Gasteiger charge is -2.26. The molecule has 3 heterocycles. The summed E-state index contributed by atoms with van der Waals surface area (Å²) in [5.41, 5.74) is 10.6. The predicted octanol–water partition coefficient (Wildman–Crippen LogP) is 4.79. The number of anilines is 1. The first kappa shape index (κ1) is 19.0. The van der Waals surface area contributed by atoms with E-state index in [1.165, 1.54) is 0 Å². The Kier molecular flexibility index (Phi) is 5.11. The number of hydrogen-bond acceptors (Lipinski definition) is 5. The van der Waals surface area contributed by atoms with Gasteiger partial charge in [0.2, 0.25) is 5.95 Å². The van der Waals surface area contributed by atoms with Crippen LogP contribution in [0.25, 0.3) is 28.2 Å². The van der Waals surface area contributed by atoms with Gasteiger partial charge in [-0.05, 0) is 48.9 Å². The Morgan fingerprint density at radius 3 is 2.57 bits per heavy atom. The molecular weight excluding hydrogens is 396 g/mol. The Hall–Kier alpha value is -2.96. The lowest BCUT2D eigenvalue weighted by molar-refractivity contribution is 0.410. The van der Waals surface area contributed by atoms with Gasteiger partial charge in [0, 0.05) is 18.3 Å². The fourth-order valence-electron chi connectivity index (χ4n) is 4.03. The molecule has 1 aromatic carbocycles. The molecule has 0 aliphatic heterocycles. The first-order valence-electron chi connectivity index (χ1n) is 10.2. The van der Waals surface area contributed by atoms with Gasteiger partial charge in [0.25, 0.3) is 0 Å². The molecule has 30 heavy (non-hydrogen) atoms. The number of fused-ring (bicyclic) bond motifs is 1. The van der Waals surface area contributed by atoms with Crippen molar-refractivity contribution in [2.24, 2.45) is 5.73 Å². The zero-order chi connectivity index (χ0) is 20.5. The van der Waals surface area contributed by atoms with E-state index in [1.54, 1.807) is 6.20 Å². The Labute approximate surface area is 180 Å². The van der Waals surface area contributed by atoms with Gasteiger partial charge in [0.1, 0.15) is 11.3 Å². The van der Waals surface area contributed by atoms with Crippen LogP contribution in [-0.2, 0) is 0 Å². The number of nitrogens with zero attached hydrogens (tertiary/aromatic N) is 4. The van der Waals surface area contributed by atoms with Gasteiger partial charge < -0.3 is 11.1 Å². The summed E-state index contributed by atoms with van der Waals surface area (Å²) in [6, 6.07) is 15.1. The number of hydrogen-bond donors (Lipinski definition) is 2. The van der Waals surface area contributed by atoms with E-state index < -0.39 is 0 Å². The Morgan fingerprint density at radius 2 is 1.77 bits per heavy atom. The highest BCUT2D eigenvalue weighted by Crippen LogP contribution is 2.29. The fourth-order valence-corrected chi connectivity index (χ4v) is 4.22. The minimum atomic E-state index is 0.309. The fraction of sp³-hybridized carbons (Fsp3) is 0.261. The molecule has 3 aromatic heterocycles. The van der Waals surface area contributed by atoms with Crippen LogP contribution >= 0.6 is 11.6 Å².